The van der Waals surface area contributed by atoms with Crippen LogP contribution < -0.4 is 5.56 Å². The number of aryl methyl sites for hydroxylation is 1. The van der Waals surface area contributed by atoms with Gasteiger partial charge in [-0.15, -0.1) is 11.3 Å². The summed E-state index contributed by atoms with van der Waals surface area (Å²) >= 11 is 1.55. The van der Waals surface area contributed by atoms with Gasteiger partial charge >= 0.3 is 0 Å². The number of hydrogen-bond donors (Lipinski definition) is 0. The molecule has 0 aliphatic rings. The summed E-state index contributed by atoms with van der Waals surface area (Å²) in [5.41, 5.74) is -0.00463. The zero-order valence-electron chi connectivity index (χ0n) is 8.40. The molecule has 2 aromatic heterocycles. The smallest absolute Gasteiger partial charge is 0.259 e. The Morgan fingerprint density at radius 1 is 1.47 bits per heavy atom. The Morgan fingerprint density at radius 3 is 3.00 bits per heavy atom. The van der Waals surface area contributed by atoms with Crippen molar-refractivity contribution in [3.63, 3.8) is 0 Å². The summed E-state index contributed by atoms with van der Waals surface area (Å²) in [5, 5.41) is 2.65. The number of carbonyl (C=O) groups excluding carboxylic acids is 1. The van der Waals surface area contributed by atoms with Gasteiger partial charge in [0.25, 0.3) is 5.56 Å². The van der Waals surface area contributed by atoms with Gasteiger partial charge in [0.1, 0.15) is 5.78 Å². The largest absolute Gasteiger partial charge is 0.314 e. The Bertz CT molecular complexity index is 553. The first-order valence-electron chi connectivity index (χ1n) is 4.74. The predicted molar refractivity (Wildman–Crippen MR) is 61.4 cm³/mol. The van der Waals surface area contributed by atoms with E-state index in [-0.39, 0.29) is 11.3 Å². The van der Waals surface area contributed by atoms with Gasteiger partial charge in [0.2, 0.25) is 0 Å². The molecule has 0 unspecified atom stereocenters. The van der Waals surface area contributed by atoms with Gasteiger partial charge in [-0.25, -0.2) is 0 Å². The summed E-state index contributed by atoms with van der Waals surface area (Å²) < 4.78 is 2.59. The number of ketones is 1. The van der Waals surface area contributed by atoms with E-state index in [0.717, 1.165) is 10.1 Å². The summed E-state index contributed by atoms with van der Waals surface area (Å²) in [6.45, 7) is 2.01. The molecule has 0 aromatic carbocycles. The first-order valence-corrected chi connectivity index (χ1v) is 5.62. The number of nitrogens with zero attached hydrogens (tertiary/aromatic N) is 1. The summed E-state index contributed by atoms with van der Waals surface area (Å²) in [5.74, 6) is 0.104. The van der Waals surface area contributed by atoms with Crippen molar-refractivity contribution < 1.29 is 4.79 Å². The first kappa shape index (κ1) is 10.1. The number of carbonyl (C=O) groups is 1. The number of Topliss-reactive ketones (excluding diaryl/α,β-unsaturated/α-hetero) is 1. The molecule has 2 heterocycles. The van der Waals surface area contributed by atoms with Crippen molar-refractivity contribution in [3.8, 4) is 0 Å². The van der Waals surface area contributed by atoms with Crippen molar-refractivity contribution in [2.45, 2.75) is 19.9 Å². The Kier molecular flexibility index (Phi) is 2.68. The Morgan fingerprint density at radius 2 is 2.27 bits per heavy atom. The third kappa shape index (κ3) is 1.99. The van der Waals surface area contributed by atoms with E-state index in [1.54, 1.807) is 22.1 Å². The number of thiophene rings is 1. The average Bonchev–Trinajstić information content (AvgIpc) is 2.65. The molecule has 0 saturated heterocycles. The van der Waals surface area contributed by atoms with Gasteiger partial charge in [-0.2, -0.15) is 0 Å². The van der Waals surface area contributed by atoms with E-state index < -0.39 is 0 Å². The topological polar surface area (TPSA) is 39.1 Å². The van der Waals surface area contributed by atoms with Crippen LogP contribution in [0, 0.1) is 0 Å². The zero-order valence-corrected chi connectivity index (χ0v) is 9.21. The Labute approximate surface area is 91.0 Å². The van der Waals surface area contributed by atoms with Crippen molar-refractivity contribution in [2.24, 2.45) is 0 Å². The maximum absolute atomic E-state index is 11.9. The van der Waals surface area contributed by atoms with E-state index in [4.69, 9.17) is 0 Å². The number of aromatic nitrogens is 1. The van der Waals surface area contributed by atoms with Crippen LogP contribution in [-0.4, -0.2) is 10.4 Å². The second-order valence-electron chi connectivity index (χ2n) is 3.46. The Hall–Kier alpha value is -1.42. The quantitative estimate of drug-likeness (QED) is 0.795. The lowest BCUT2D eigenvalue weighted by atomic mass is 10.3. The third-order valence-electron chi connectivity index (χ3n) is 2.30. The third-order valence-corrected chi connectivity index (χ3v) is 3.18. The van der Waals surface area contributed by atoms with E-state index in [1.807, 2.05) is 17.5 Å². The van der Waals surface area contributed by atoms with E-state index in [2.05, 4.69) is 0 Å². The summed E-state index contributed by atoms with van der Waals surface area (Å²) in [6, 6.07) is 3.74. The van der Waals surface area contributed by atoms with Gasteiger partial charge in [-0.3, -0.25) is 9.59 Å². The molecule has 0 N–H and O–H groups in total. The average molecular weight is 221 g/mol. The molecule has 0 aliphatic heterocycles. The van der Waals surface area contributed by atoms with Crippen LogP contribution in [0.4, 0.5) is 0 Å². The fourth-order valence-corrected chi connectivity index (χ4v) is 2.23. The number of fused-ring (bicyclic) bond motifs is 1. The Balaban J connectivity index is 2.40. The number of pyridine rings is 1. The minimum Gasteiger partial charge on any atom is -0.314 e. The molecule has 0 radical (unpaired) electrons. The molecule has 0 atom stereocenters. The molecule has 15 heavy (non-hydrogen) atoms. The van der Waals surface area contributed by atoms with Gasteiger partial charge in [0.05, 0.1) is 5.39 Å². The molecule has 4 heteroatoms. The highest BCUT2D eigenvalue weighted by Gasteiger charge is 2.03. The van der Waals surface area contributed by atoms with Crippen molar-refractivity contribution in [3.05, 3.63) is 34.1 Å². The van der Waals surface area contributed by atoms with E-state index >= 15 is 0 Å². The molecule has 3 nitrogen and oxygen atoms in total. The molecule has 78 valence electrons. The normalized spacial score (nSPS) is 10.7. The van der Waals surface area contributed by atoms with Crippen LogP contribution in [0.25, 0.3) is 10.1 Å². The van der Waals surface area contributed by atoms with E-state index in [9.17, 15) is 9.59 Å². The fraction of sp³-hybridized carbons (Fsp3) is 0.273. The molecule has 0 bridgehead atoms. The predicted octanol–water partition coefficient (Wildman–Crippen LogP) is 2.04. The zero-order chi connectivity index (χ0) is 10.8. The fourth-order valence-electron chi connectivity index (χ4n) is 1.46. The van der Waals surface area contributed by atoms with E-state index in [0.29, 0.717) is 13.0 Å². The minimum atomic E-state index is -0.00463. The highest BCUT2D eigenvalue weighted by atomic mass is 32.1. The van der Waals surface area contributed by atoms with Crippen LogP contribution in [0.15, 0.2) is 28.5 Å². The SMILES string of the molecule is CC(=O)CCn1ccc2sccc2c1=O. The second-order valence-corrected chi connectivity index (χ2v) is 4.41. The lowest BCUT2D eigenvalue weighted by Crippen LogP contribution is -2.19. The molecule has 0 spiro atoms. The monoisotopic (exact) mass is 221 g/mol. The molecule has 0 saturated carbocycles. The van der Waals surface area contributed by atoms with Crippen LogP contribution in [0.5, 0.6) is 0 Å². The van der Waals surface area contributed by atoms with Crippen LogP contribution in [-0.2, 0) is 11.3 Å². The van der Waals surface area contributed by atoms with Gasteiger partial charge in [0, 0.05) is 23.9 Å². The molecular weight excluding hydrogens is 210 g/mol. The lowest BCUT2D eigenvalue weighted by Gasteiger charge is -2.03. The molecule has 0 fully saturated rings. The van der Waals surface area contributed by atoms with Crippen LogP contribution in [0.3, 0.4) is 0 Å². The first-order chi connectivity index (χ1) is 7.18. The number of rotatable bonds is 3. The minimum absolute atomic E-state index is 0.00463. The molecule has 0 aliphatic carbocycles. The molecular formula is C11H11NO2S. The highest BCUT2D eigenvalue weighted by molar-refractivity contribution is 7.17. The van der Waals surface area contributed by atoms with E-state index in [1.165, 1.54) is 6.92 Å². The van der Waals surface area contributed by atoms with Gasteiger partial charge < -0.3 is 4.57 Å². The summed E-state index contributed by atoms with van der Waals surface area (Å²) in [7, 11) is 0. The van der Waals surface area contributed by atoms with Gasteiger partial charge in [0.15, 0.2) is 0 Å². The van der Waals surface area contributed by atoms with Gasteiger partial charge in [-0.05, 0) is 24.4 Å². The summed E-state index contributed by atoms with van der Waals surface area (Å²) in [6.07, 6.45) is 2.17. The van der Waals surface area contributed by atoms with Crippen LogP contribution in [0.1, 0.15) is 13.3 Å². The second kappa shape index (κ2) is 3.98. The van der Waals surface area contributed by atoms with Crippen molar-refractivity contribution in [2.75, 3.05) is 0 Å². The highest BCUT2D eigenvalue weighted by Crippen LogP contribution is 2.16. The molecule has 2 rings (SSSR count). The van der Waals surface area contributed by atoms with Crippen molar-refractivity contribution >= 4 is 27.2 Å². The number of hydrogen-bond acceptors (Lipinski definition) is 3. The standard InChI is InChI=1S/C11H11NO2S/c1-8(13)2-5-12-6-3-10-9(11(12)14)4-7-15-10/h3-4,6-7H,2,5H2,1H3. The maximum atomic E-state index is 11.9. The van der Waals surface area contributed by atoms with Crippen LogP contribution >= 0.6 is 11.3 Å². The maximum Gasteiger partial charge on any atom is 0.259 e. The molecule has 2 aromatic rings. The van der Waals surface area contributed by atoms with Gasteiger partial charge in [-0.1, -0.05) is 0 Å². The van der Waals surface area contributed by atoms with Crippen LogP contribution in [0.2, 0.25) is 0 Å². The summed E-state index contributed by atoms with van der Waals surface area (Å²) in [4.78, 5) is 22.7. The van der Waals surface area contributed by atoms with Crippen molar-refractivity contribution in [1.82, 2.24) is 4.57 Å². The van der Waals surface area contributed by atoms with Crippen molar-refractivity contribution in [1.29, 1.82) is 0 Å². The molecule has 0 amide bonds. The lowest BCUT2D eigenvalue weighted by molar-refractivity contribution is -0.117.